The van der Waals surface area contributed by atoms with Crippen LogP contribution in [0.4, 0.5) is 5.13 Å². The van der Waals surface area contributed by atoms with Crippen LogP contribution in [0.5, 0.6) is 0 Å². The number of thioether (sulfide) groups is 1. The summed E-state index contributed by atoms with van der Waals surface area (Å²) in [7, 11) is 0. The monoisotopic (exact) mass is 353 g/mol. The number of hydrogen-bond donors (Lipinski definition) is 1. The van der Waals surface area contributed by atoms with Crippen LogP contribution in [0.25, 0.3) is 5.65 Å². The molecule has 0 spiro atoms. The van der Waals surface area contributed by atoms with Crippen LogP contribution in [-0.4, -0.2) is 26.1 Å². The molecule has 0 amide bonds. The third-order valence-electron chi connectivity index (χ3n) is 2.75. The molecule has 3 heterocycles. The van der Waals surface area contributed by atoms with Crippen molar-refractivity contribution in [2.75, 3.05) is 11.9 Å². The van der Waals surface area contributed by atoms with Crippen molar-refractivity contribution in [3.63, 3.8) is 0 Å². The van der Waals surface area contributed by atoms with Crippen LogP contribution in [-0.2, 0) is 5.75 Å². The summed E-state index contributed by atoms with van der Waals surface area (Å²) >= 11 is 8.88. The Morgan fingerprint density at radius 2 is 2.27 bits per heavy atom. The van der Waals surface area contributed by atoms with Gasteiger partial charge in [0.25, 0.3) is 5.56 Å². The van der Waals surface area contributed by atoms with Gasteiger partial charge < -0.3 is 5.32 Å². The highest BCUT2D eigenvalue weighted by atomic mass is 35.5. The summed E-state index contributed by atoms with van der Waals surface area (Å²) in [6, 6.07) is 4.96. The minimum atomic E-state index is -0.145. The summed E-state index contributed by atoms with van der Waals surface area (Å²) in [5.74, 6) is 0.565. The Labute approximate surface area is 139 Å². The van der Waals surface area contributed by atoms with Gasteiger partial charge in [0.05, 0.1) is 10.7 Å². The third kappa shape index (κ3) is 3.40. The Kier molecular flexibility index (Phi) is 4.60. The first-order valence-corrected chi connectivity index (χ1v) is 8.71. The van der Waals surface area contributed by atoms with E-state index in [9.17, 15) is 4.79 Å². The SMILES string of the molecule is CCNc1nnc(SCc2cc(=O)n3cc(Cl)ccc3n2)s1. The van der Waals surface area contributed by atoms with E-state index < -0.39 is 0 Å². The topological polar surface area (TPSA) is 72.2 Å². The molecule has 0 atom stereocenters. The molecule has 0 bridgehead atoms. The molecule has 0 fully saturated rings. The molecule has 3 aromatic heterocycles. The van der Waals surface area contributed by atoms with E-state index in [4.69, 9.17) is 11.6 Å². The number of nitrogens with one attached hydrogen (secondary N) is 1. The van der Waals surface area contributed by atoms with Gasteiger partial charge in [-0.05, 0) is 19.1 Å². The van der Waals surface area contributed by atoms with Crippen LogP contribution < -0.4 is 10.9 Å². The van der Waals surface area contributed by atoms with E-state index in [0.717, 1.165) is 16.0 Å². The van der Waals surface area contributed by atoms with Crippen molar-refractivity contribution in [3.05, 3.63) is 45.5 Å². The van der Waals surface area contributed by atoms with Gasteiger partial charge in [0.2, 0.25) is 5.13 Å². The first kappa shape index (κ1) is 15.3. The molecule has 6 nitrogen and oxygen atoms in total. The predicted molar refractivity (Wildman–Crippen MR) is 90.1 cm³/mol. The molecule has 0 aliphatic heterocycles. The lowest BCUT2D eigenvalue weighted by molar-refractivity contribution is 0.994. The van der Waals surface area contributed by atoms with Crippen molar-refractivity contribution >= 4 is 45.5 Å². The van der Waals surface area contributed by atoms with E-state index in [-0.39, 0.29) is 5.56 Å². The van der Waals surface area contributed by atoms with E-state index in [1.807, 2.05) is 6.92 Å². The maximum atomic E-state index is 12.1. The van der Waals surface area contributed by atoms with Crippen LogP contribution in [0.15, 0.2) is 33.5 Å². The first-order chi connectivity index (χ1) is 10.7. The highest BCUT2D eigenvalue weighted by Crippen LogP contribution is 2.27. The molecule has 0 radical (unpaired) electrons. The molecule has 0 unspecified atom stereocenters. The van der Waals surface area contributed by atoms with Gasteiger partial charge in [0.15, 0.2) is 4.34 Å². The lowest BCUT2D eigenvalue weighted by Crippen LogP contribution is -2.14. The maximum Gasteiger partial charge on any atom is 0.258 e. The molecular weight excluding hydrogens is 342 g/mol. The Morgan fingerprint density at radius 3 is 3.09 bits per heavy atom. The van der Waals surface area contributed by atoms with Gasteiger partial charge in [-0.1, -0.05) is 34.7 Å². The van der Waals surface area contributed by atoms with Crippen LogP contribution in [0, 0.1) is 0 Å². The van der Waals surface area contributed by atoms with E-state index in [1.165, 1.54) is 33.6 Å². The average molecular weight is 354 g/mol. The summed E-state index contributed by atoms with van der Waals surface area (Å²) in [5.41, 5.74) is 1.14. The van der Waals surface area contributed by atoms with E-state index in [2.05, 4.69) is 20.5 Å². The second-order valence-electron chi connectivity index (χ2n) is 4.35. The van der Waals surface area contributed by atoms with Crippen LogP contribution in [0.2, 0.25) is 5.02 Å². The molecule has 0 aliphatic carbocycles. The highest BCUT2D eigenvalue weighted by molar-refractivity contribution is 8.00. The fourth-order valence-corrected chi connectivity index (χ4v) is 3.70. The second-order valence-corrected chi connectivity index (χ2v) is 6.99. The Hall–Kier alpha value is -1.64. The molecule has 9 heteroatoms. The van der Waals surface area contributed by atoms with Gasteiger partial charge in [-0.15, -0.1) is 10.2 Å². The molecule has 0 saturated heterocycles. The molecule has 0 saturated carbocycles. The zero-order chi connectivity index (χ0) is 15.5. The number of pyridine rings is 1. The molecule has 0 aromatic carbocycles. The zero-order valence-corrected chi connectivity index (χ0v) is 14.0. The van der Waals surface area contributed by atoms with Crippen molar-refractivity contribution in [2.45, 2.75) is 17.0 Å². The minimum Gasteiger partial charge on any atom is -0.360 e. The predicted octanol–water partition coefficient (Wildman–Crippen LogP) is 2.92. The normalized spacial score (nSPS) is 11.0. The highest BCUT2D eigenvalue weighted by Gasteiger charge is 2.07. The molecular formula is C13H12ClN5OS2. The number of anilines is 1. The third-order valence-corrected chi connectivity index (χ3v) is 5.03. The van der Waals surface area contributed by atoms with Crippen molar-refractivity contribution < 1.29 is 0 Å². The van der Waals surface area contributed by atoms with Gasteiger partial charge in [-0.3, -0.25) is 9.20 Å². The molecule has 3 rings (SSSR count). The van der Waals surface area contributed by atoms with Gasteiger partial charge in [-0.2, -0.15) is 0 Å². The average Bonchev–Trinajstić information content (AvgIpc) is 2.94. The summed E-state index contributed by atoms with van der Waals surface area (Å²) in [6.45, 7) is 2.82. The van der Waals surface area contributed by atoms with Crippen molar-refractivity contribution in [1.29, 1.82) is 0 Å². The number of aromatic nitrogens is 4. The summed E-state index contributed by atoms with van der Waals surface area (Å²) in [5, 5.41) is 12.5. The van der Waals surface area contributed by atoms with Crippen molar-refractivity contribution in [1.82, 2.24) is 19.6 Å². The van der Waals surface area contributed by atoms with Crippen LogP contribution in [0.3, 0.4) is 0 Å². The largest absolute Gasteiger partial charge is 0.360 e. The molecule has 1 N–H and O–H groups in total. The number of fused-ring (bicyclic) bond motifs is 1. The van der Waals surface area contributed by atoms with Gasteiger partial charge >= 0.3 is 0 Å². The minimum absolute atomic E-state index is 0.145. The summed E-state index contributed by atoms with van der Waals surface area (Å²) in [6.07, 6.45) is 1.57. The lowest BCUT2D eigenvalue weighted by Gasteiger charge is -2.03. The smallest absolute Gasteiger partial charge is 0.258 e. The molecule has 22 heavy (non-hydrogen) atoms. The number of halogens is 1. The molecule has 0 aliphatic rings. The Balaban J connectivity index is 1.78. The van der Waals surface area contributed by atoms with Crippen molar-refractivity contribution in [2.24, 2.45) is 0 Å². The summed E-state index contributed by atoms with van der Waals surface area (Å²) < 4.78 is 2.28. The number of hydrogen-bond acceptors (Lipinski definition) is 7. The van der Waals surface area contributed by atoms with E-state index in [1.54, 1.807) is 18.3 Å². The van der Waals surface area contributed by atoms with E-state index >= 15 is 0 Å². The first-order valence-electron chi connectivity index (χ1n) is 6.53. The van der Waals surface area contributed by atoms with Gasteiger partial charge in [0.1, 0.15) is 5.65 Å². The second kappa shape index (κ2) is 6.64. The van der Waals surface area contributed by atoms with Gasteiger partial charge in [0, 0.05) is 24.6 Å². The lowest BCUT2D eigenvalue weighted by atomic mass is 10.4. The fraction of sp³-hybridized carbons (Fsp3) is 0.231. The Morgan fingerprint density at radius 1 is 1.41 bits per heavy atom. The van der Waals surface area contributed by atoms with Gasteiger partial charge in [-0.25, -0.2) is 4.98 Å². The quantitative estimate of drug-likeness (QED) is 0.711. The standard InChI is InChI=1S/C13H12ClN5OS2/c1-2-15-12-17-18-13(22-12)21-7-9-5-11(20)19-6-8(14)3-4-10(19)16-9/h3-6H,2,7H2,1H3,(H,15,17). The van der Waals surface area contributed by atoms with Crippen LogP contribution >= 0.6 is 34.7 Å². The number of rotatable bonds is 5. The Bertz CT molecular complexity index is 863. The molecule has 3 aromatic rings. The zero-order valence-electron chi connectivity index (χ0n) is 11.6. The van der Waals surface area contributed by atoms with Crippen LogP contribution in [0.1, 0.15) is 12.6 Å². The van der Waals surface area contributed by atoms with Crippen molar-refractivity contribution in [3.8, 4) is 0 Å². The molecule has 114 valence electrons. The fourth-order valence-electron chi connectivity index (χ4n) is 1.83. The number of nitrogens with zero attached hydrogens (tertiary/aromatic N) is 4. The summed E-state index contributed by atoms with van der Waals surface area (Å²) in [4.78, 5) is 16.5. The maximum absolute atomic E-state index is 12.1. The van der Waals surface area contributed by atoms with E-state index in [0.29, 0.717) is 22.1 Å².